The van der Waals surface area contributed by atoms with Crippen LogP contribution in [0.4, 0.5) is 15.0 Å². The summed E-state index contributed by atoms with van der Waals surface area (Å²) in [6.45, 7) is 10.3. The number of anilines is 1. The fourth-order valence-corrected chi connectivity index (χ4v) is 11.1. The van der Waals surface area contributed by atoms with Gasteiger partial charge in [0, 0.05) is 6.42 Å². The Morgan fingerprint density at radius 2 is 1.69 bits per heavy atom. The van der Waals surface area contributed by atoms with Crippen LogP contribution >= 0.6 is 0 Å². The van der Waals surface area contributed by atoms with E-state index >= 15 is 0 Å². The molecule has 4 aromatic rings. The Labute approximate surface area is 285 Å². The van der Waals surface area contributed by atoms with Crippen molar-refractivity contribution >= 4 is 47.7 Å². The molecule has 2 aromatic carbocycles. The summed E-state index contributed by atoms with van der Waals surface area (Å²) in [4.78, 5) is 38.8. The molecule has 12 nitrogen and oxygen atoms in total. The molecule has 1 aliphatic heterocycles. The van der Waals surface area contributed by atoms with Crippen molar-refractivity contribution in [1.82, 2.24) is 24.4 Å². The highest BCUT2D eigenvalue weighted by atomic mass is 28.4. The number of fused-ring (bicyclic) bond motifs is 1. The summed E-state index contributed by atoms with van der Waals surface area (Å²) in [5.74, 6) is 1.30. The Morgan fingerprint density at radius 3 is 2.20 bits per heavy atom. The normalized spacial score (nSPS) is 19.8. The number of halogens is 1. The summed E-state index contributed by atoms with van der Waals surface area (Å²) >= 11 is 0. The number of nitrogens with two attached hydrogens (primary N) is 1. The fraction of sp³-hybridized carbons (Fsp3) is 0.400. The van der Waals surface area contributed by atoms with Crippen LogP contribution in [0.5, 0.6) is 0 Å². The van der Waals surface area contributed by atoms with Crippen LogP contribution in [-0.2, 0) is 18.7 Å². The highest BCUT2D eigenvalue weighted by Gasteiger charge is 2.57. The predicted octanol–water partition coefficient (Wildman–Crippen LogP) is 4.11. The first-order chi connectivity index (χ1) is 23.0. The van der Waals surface area contributed by atoms with E-state index in [1.54, 1.807) is 20.8 Å². The highest BCUT2D eigenvalue weighted by Crippen LogP contribution is 2.44. The summed E-state index contributed by atoms with van der Waals surface area (Å²) in [6, 6.07) is 18.7. The molecule has 3 heterocycles. The van der Waals surface area contributed by atoms with E-state index in [1.165, 1.54) is 10.9 Å². The first-order valence-electron chi connectivity index (χ1n) is 15.8. The van der Waals surface area contributed by atoms with Crippen LogP contribution in [0.25, 0.3) is 11.2 Å². The molecule has 3 N–H and O–H groups in total. The molecule has 0 unspecified atom stereocenters. The quantitative estimate of drug-likeness (QED) is 0.149. The first-order valence-corrected chi connectivity index (χ1v) is 17.7. The number of benzene rings is 2. The van der Waals surface area contributed by atoms with Crippen molar-refractivity contribution in [3.05, 3.63) is 73.1 Å². The standard InChI is InChI=1S/C35H41FN6O6Si/c1-8-35(21-46-49(34(5,6)7,23-15-11-9-12-16-23)24-17-13-10-14-18-24)25(41(20-27(43)44)32(45)48-33(2,3)4)19-26(47-35)42-22-38-28-29(37)39-31(36)40-30(28)42/h1,9-18,22,25-26H,19-21H2,2-7H3,(H,43,44)(H2,37,39,40)/t25-,26+,35-/m0/s1. The van der Waals surface area contributed by atoms with Gasteiger partial charge in [0.2, 0.25) is 0 Å². The third-order valence-corrected chi connectivity index (χ3v) is 13.5. The number of amides is 1. The number of ether oxygens (including phenoxy) is 2. The number of carbonyl (C=O) groups is 2. The number of rotatable bonds is 9. The van der Waals surface area contributed by atoms with E-state index in [0.717, 1.165) is 15.3 Å². The van der Waals surface area contributed by atoms with E-state index in [0.29, 0.717) is 0 Å². The Kier molecular flexibility index (Phi) is 9.57. The molecular formula is C35H41FN6O6Si. The molecule has 2 aromatic heterocycles. The molecule has 5 rings (SSSR count). The zero-order valence-corrected chi connectivity index (χ0v) is 29.4. The molecule has 3 atom stereocenters. The van der Waals surface area contributed by atoms with Crippen LogP contribution < -0.4 is 16.1 Å². The molecule has 0 aliphatic carbocycles. The van der Waals surface area contributed by atoms with Crippen LogP contribution in [0.2, 0.25) is 5.04 Å². The Balaban J connectivity index is 1.68. The van der Waals surface area contributed by atoms with E-state index in [9.17, 15) is 19.1 Å². The van der Waals surface area contributed by atoms with Gasteiger partial charge in [-0.2, -0.15) is 14.4 Å². The Bertz CT molecular complexity index is 1830. The van der Waals surface area contributed by atoms with E-state index in [-0.39, 0.29) is 30.0 Å². The van der Waals surface area contributed by atoms with Crippen molar-refractivity contribution in [1.29, 1.82) is 0 Å². The molecule has 14 heteroatoms. The maximum Gasteiger partial charge on any atom is 0.411 e. The summed E-state index contributed by atoms with van der Waals surface area (Å²) in [5.41, 5.74) is 3.43. The van der Waals surface area contributed by atoms with Gasteiger partial charge in [-0.25, -0.2) is 9.78 Å². The second kappa shape index (κ2) is 13.2. The molecule has 0 radical (unpaired) electrons. The minimum absolute atomic E-state index is 0.0385. The molecular weight excluding hydrogens is 648 g/mol. The minimum Gasteiger partial charge on any atom is -0.480 e. The van der Waals surface area contributed by atoms with Crippen molar-refractivity contribution in [3.8, 4) is 12.3 Å². The van der Waals surface area contributed by atoms with Gasteiger partial charge in [0.1, 0.15) is 18.4 Å². The lowest BCUT2D eigenvalue weighted by molar-refractivity contribution is -0.140. The number of nitrogens with zero attached hydrogens (tertiary/aromatic N) is 5. The largest absolute Gasteiger partial charge is 0.480 e. The van der Waals surface area contributed by atoms with Gasteiger partial charge in [0.15, 0.2) is 22.6 Å². The second-order valence-corrected chi connectivity index (χ2v) is 18.3. The lowest BCUT2D eigenvalue weighted by Crippen LogP contribution is -2.68. The summed E-state index contributed by atoms with van der Waals surface area (Å²) in [5, 5.41) is 11.5. The lowest BCUT2D eigenvalue weighted by atomic mass is 9.94. The Hall–Kier alpha value is -4.84. The summed E-state index contributed by atoms with van der Waals surface area (Å²) < 4.78 is 35.4. The molecule has 1 saturated heterocycles. The van der Waals surface area contributed by atoms with Gasteiger partial charge in [-0.1, -0.05) is 87.4 Å². The van der Waals surface area contributed by atoms with E-state index in [4.69, 9.17) is 26.1 Å². The number of carboxylic acid groups (broad SMARTS) is 1. The number of hydrogen-bond acceptors (Lipinski definition) is 9. The maximum absolute atomic E-state index is 14.4. The number of aromatic nitrogens is 4. The number of aliphatic carboxylic acids is 1. The number of imidazole rings is 1. The molecule has 1 aliphatic rings. The predicted molar refractivity (Wildman–Crippen MR) is 184 cm³/mol. The molecule has 49 heavy (non-hydrogen) atoms. The van der Waals surface area contributed by atoms with Crippen molar-refractivity contribution in [3.63, 3.8) is 0 Å². The zero-order chi connectivity index (χ0) is 35.8. The smallest absolute Gasteiger partial charge is 0.411 e. The molecule has 1 fully saturated rings. The molecule has 1 amide bonds. The number of carbonyl (C=O) groups excluding carboxylic acids is 1. The van der Waals surface area contributed by atoms with Crippen LogP contribution in [0, 0.1) is 18.4 Å². The third-order valence-electron chi connectivity index (χ3n) is 8.51. The van der Waals surface area contributed by atoms with Crippen LogP contribution in [0.1, 0.15) is 54.2 Å². The fourth-order valence-electron chi connectivity index (χ4n) is 6.47. The molecule has 258 valence electrons. The first kappa shape index (κ1) is 35.5. The van der Waals surface area contributed by atoms with E-state index in [1.807, 2.05) is 60.7 Å². The van der Waals surface area contributed by atoms with E-state index < -0.39 is 61.5 Å². The average molecular weight is 689 g/mol. The van der Waals surface area contributed by atoms with Crippen molar-refractivity contribution < 1.29 is 33.0 Å². The van der Waals surface area contributed by atoms with Crippen molar-refractivity contribution in [2.45, 2.75) is 76.5 Å². The van der Waals surface area contributed by atoms with Gasteiger partial charge in [0.25, 0.3) is 8.32 Å². The van der Waals surface area contributed by atoms with Gasteiger partial charge < -0.3 is 24.7 Å². The number of carboxylic acids is 1. The number of hydrogen-bond donors (Lipinski definition) is 2. The summed E-state index contributed by atoms with van der Waals surface area (Å²) in [7, 11) is -3.22. The average Bonchev–Trinajstić information content (AvgIpc) is 3.62. The molecule has 0 spiro atoms. The topological polar surface area (TPSA) is 155 Å². The zero-order valence-electron chi connectivity index (χ0n) is 28.4. The SMILES string of the molecule is C#C[C@@]1(CO[Si](c2ccccc2)(c2ccccc2)C(C)(C)C)O[C@@H](n2cnc3c(N)nc(F)nc32)C[C@@H]1N(CC(=O)O)C(=O)OC(C)(C)C. The summed E-state index contributed by atoms with van der Waals surface area (Å²) in [6.07, 6.45) is 4.70. The van der Waals surface area contributed by atoms with Crippen molar-refractivity contribution in [2.24, 2.45) is 0 Å². The monoisotopic (exact) mass is 688 g/mol. The van der Waals surface area contributed by atoms with Gasteiger partial charge in [-0.05, 0) is 36.2 Å². The van der Waals surface area contributed by atoms with Gasteiger partial charge in [-0.3, -0.25) is 14.3 Å². The molecule has 0 bridgehead atoms. The third kappa shape index (κ3) is 6.87. The van der Waals surface area contributed by atoms with E-state index in [2.05, 4.69) is 41.6 Å². The van der Waals surface area contributed by atoms with Crippen LogP contribution in [0.15, 0.2) is 67.0 Å². The van der Waals surface area contributed by atoms with Crippen LogP contribution in [-0.4, -0.2) is 80.3 Å². The maximum atomic E-state index is 14.4. The van der Waals surface area contributed by atoms with Gasteiger partial charge in [-0.15, -0.1) is 6.42 Å². The highest BCUT2D eigenvalue weighted by molar-refractivity contribution is 6.99. The van der Waals surface area contributed by atoms with Gasteiger partial charge in [0.05, 0.1) is 19.0 Å². The number of nitrogen functional groups attached to an aromatic ring is 1. The number of terminal acetylenes is 1. The second-order valence-electron chi connectivity index (χ2n) is 14.0. The molecule has 0 saturated carbocycles. The Morgan fingerprint density at radius 1 is 1.10 bits per heavy atom. The minimum atomic E-state index is -3.22. The van der Waals surface area contributed by atoms with Crippen molar-refractivity contribution in [2.75, 3.05) is 18.9 Å². The van der Waals surface area contributed by atoms with Gasteiger partial charge >= 0.3 is 18.1 Å². The van der Waals surface area contributed by atoms with Crippen LogP contribution in [0.3, 0.4) is 0 Å². The lowest BCUT2D eigenvalue weighted by Gasteiger charge is -2.45.